The normalized spacial score (nSPS) is 12.2. The van der Waals surface area contributed by atoms with E-state index in [4.69, 9.17) is 4.74 Å². The topological polar surface area (TPSA) is 64.1 Å². The number of ether oxygens (including phenoxy) is 1. The molecule has 0 aliphatic rings. The molecule has 1 amide bonds. The minimum atomic E-state index is -0.667. The molecule has 0 saturated carbocycles. The van der Waals surface area contributed by atoms with Crippen LogP contribution in [0.25, 0.3) is 5.57 Å². The average Bonchev–Trinajstić information content (AvgIpc) is 2.65. The predicted molar refractivity (Wildman–Crippen MR) is 99.9 cm³/mol. The van der Waals surface area contributed by atoms with Gasteiger partial charge in [0.05, 0.1) is 18.7 Å². The predicted octanol–water partition coefficient (Wildman–Crippen LogP) is 4.25. The number of carbonyl (C=O) groups excluding carboxylic acids is 1. The van der Waals surface area contributed by atoms with Gasteiger partial charge in [-0.3, -0.25) is 4.79 Å². The summed E-state index contributed by atoms with van der Waals surface area (Å²) >= 11 is 0. The zero-order chi connectivity index (χ0) is 19.1. The lowest BCUT2D eigenvalue weighted by Gasteiger charge is -2.13. The highest BCUT2D eigenvalue weighted by atomic mass is 19.1. The third-order valence-corrected chi connectivity index (χ3v) is 3.73. The van der Waals surface area contributed by atoms with Crippen LogP contribution >= 0.6 is 0 Å². The summed E-state index contributed by atoms with van der Waals surface area (Å²) in [6.07, 6.45) is 2.43. The Kier molecular flexibility index (Phi) is 6.38. The van der Waals surface area contributed by atoms with Crippen LogP contribution in [-0.4, -0.2) is 23.0 Å². The second-order valence-corrected chi connectivity index (χ2v) is 5.54. The molecule has 1 aromatic heterocycles. The van der Waals surface area contributed by atoms with Crippen molar-refractivity contribution in [2.45, 2.75) is 12.8 Å². The molecule has 2 aromatic rings. The van der Waals surface area contributed by atoms with Gasteiger partial charge in [0.25, 0.3) is 0 Å². The molecule has 1 aromatic carbocycles. The second-order valence-electron chi connectivity index (χ2n) is 5.54. The first-order chi connectivity index (χ1) is 12.4. The highest BCUT2D eigenvalue weighted by molar-refractivity contribution is 5.95. The molecule has 0 spiro atoms. The van der Waals surface area contributed by atoms with E-state index < -0.39 is 5.83 Å². The van der Waals surface area contributed by atoms with E-state index in [1.54, 1.807) is 6.92 Å². The summed E-state index contributed by atoms with van der Waals surface area (Å²) in [5, 5.41) is 2.74. The van der Waals surface area contributed by atoms with Gasteiger partial charge >= 0.3 is 0 Å². The molecule has 0 fully saturated rings. The zero-order valence-corrected chi connectivity index (χ0v) is 14.7. The van der Waals surface area contributed by atoms with Crippen molar-refractivity contribution < 1.29 is 13.9 Å². The van der Waals surface area contributed by atoms with E-state index in [0.717, 1.165) is 11.6 Å². The summed E-state index contributed by atoms with van der Waals surface area (Å²) in [5.74, 6) is -0.726. The van der Waals surface area contributed by atoms with Crippen molar-refractivity contribution in [1.82, 2.24) is 9.97 Å². The molecule has 0 aliphatic carbocycles. The van der Waals surface area contributed by atoms with Crippen molar-refractivity contribution in [2.75, 3.05) is 12.4 Å². The molecule has 1 N–H and O–H groups in total. The van der Waals surface area contributed by atoms with Gasteiger partial charge in [-0.25, -0.2) is 14.4 Å². The molecular weight excluding hydrogens is 333 g/mol. The molecule has 0 aliphatic heterocycles. The number of allylic oxidation sites excluding steroid dienone is 3. The van der Waals surface area contributed by atoms with Crippen LogP contribution in [0.5, 0.6) is 0 Å². The molecule has 6 heteroatoms. The van der Waals surface area contributed by atoms with Gasteiger partial charge in [0.15, 0.2) is 0 Å². The van der Waals surface area contributed by atoms with Gasteiger partial charge < -0.3 is 10.1 Å². The Bertz CT molecular complexity index is 847. The fourth-order valence-corrected chi connectivity index (χ4v) is 2.26. The second kappa shape index (κ2) is 8.71. The SMILES string of the molecule is C=C(F)/C=C(\C(=C)OC)c1cc(NC(=O)[C@@H](C)c2ccccc2)ncn1. The highest BCUT2D eigenvalue weighted by Crippen LogP contribution is 2.24. The largest absolute Gasteiger partial charge is 0.497 e. The maximum atomic E-state index is 13.3. The summed E-state index contributed by atoms with van der Waals surface area (Å²) in [4.78, 5) is 20.6. The standard InChI is InChI=1S/C20H20FN3O2/c1-13(21)10-17(15(3)26-4)18-11-19(23-12-22-18)24-20(25)14(2)16-8-6-5-7-9-16/h5-12,14H,1,3H2,2,4H3,(H,22,23,24,25)/b17-10+/t14-/m0/s1. The number of hydrogen-bond acceptors (Lipinski definition) is 4. The Morgan fingerprint density at radius 2 is 1.96 bits per heavy atom. The maximum absolute atomic E-state index is 13.3. The lowest BCUT2D eigenvalue weighted by molar-refractivity contribution is -0.117. The first-order valence-corrected chi connectivity index (χ1v) is 7.90. The number of rotatable bonds is 7. The van der Waals surface area contributed by atoms with Crippen molar-refractivity contribution in [3.8, 4) is 0 Å². The molecule has 0 radical (unpaired) electrons. The lowest BCUT2D eigenvalue weighted by atomic mass is 10.0. The minimum absolute atomic E-state index is 0.216. The highest BCUT2D eigenvalue weighted by Gasteiger charge is 2.17. The van der Waals surface area contributed by atoms with E-state index in [-0.39, 0.29) is 17.6 Å². The summed E-state index contributed by atoms with van der Waals surface area (Å²) in [6, 6.07) is 10.9. The fraction of sp³-hybridized carbons (Fsp3) is 0.150. The van der Waals surface area contributed by atoms with Crippen molar-refractivity contribution in [2.24, 2.45) is 0 Å². The van der Waals surface area contributed by atoms with Crippen molar-refractivity contribution in [1.29, 1.82) is 0 Å². The zero-order valence-electron chi connectivity index (χ0n) is 14.7. The van der Waals surface area contributed by atoms with E-state index >= 15 is 0 Å². The van der Waals surface area contributed by atoms with Gasteiger partial charge in [-0.05, 0) is 18.6 Å². The molecule has 0 unspecified atom stereocenters. The monoisotopic (exact) mass is 353 g/mol. The first-order valence-electron chi connectivity index (χ1n) is 7.90. The van der Waals surface area contributed by atoms with Gasteiger partial charge in [0.2, 0.25) is 5.91 Å². The number of nitrogens with zero attached hydrogens (tertiary/aromatic N) is 2. The molecule has 1 atom stereocenters. The molecule has 26 heavy (non-hydrogen) atoms. The van der Waals surface area contributed by atoms with Crippen LogP contribution in [0.1, 0.15) is 24.1 Å². The molecule has 2 rings (SSSR count). The summed E-state index contributed by atoms with van der Waals surface area (Å²) in [7, 11) is 1.42. The quantitative estimate of drug-likeness (QED) is 0.597. The number of anilines is 1. The summed E-state index contributed by atoms with van der Waals surface area (Å²) < 4.78 is 18.3. The van der Waals surface area contributed by atoms with Crippen LogP contribution in [0, 0.1) is 0 Å². The van der Waals surface area contributed by atoms with Crippen LogP contribution < -0.4 is 5.32 Å². The number of carbonyl (C=O) groups is 1. The maximum Gasteiger partial charge on any atom is 0.232 e. The van der Waals surface area contributed by atoms with Crippen LogP contribution in [0.2, 0.25) is 0 Å². The third kappa shape index (κ3) is 4.86. The van der Waals surface area contributed by atoms with Gasteiger partial charge in [0, 0.05) is 11.6 Å². The molecule has 1 heterocycles. The van der Waals surface area contributed by atoms with E-state index in [0.29, 0.717) is 17.1 Å². The number of hydrogen-bond donors (Lipinski definition) is 1. The number of aromatic nitrogens is 2. The Hall–Kier alpha value is -3.28. The number of benzene rings is 1. The Morgan fingerprint density at radius 1 is 1.27 bits per heavy atom. The van der Waals surface area contributed by atoms with E-state index in [1.165, 1.54) is 19.5 Å². The summed E-state index contributed by atoms with van der Waals surface area (Å²) in [5.41, 5.74) is 1.56. The molecule has 0 bridgehead atoms. The summed E-state index contributed by atoms with van der Waals surface area (Å²) in [6.45, 7) is 8.73. The number of halogens is 1. The van der Waals surface area contributed by atoms with Crippen LogP contribution in [0.15, 0.2) is 73.5 Å². The molecule has 0 saturated heterocycles. The number of amides is 1. The molecule has 5 nitrogen and oxygen atoms in total. The van der Waals surface area contributed by atoms with E-state index in [2.05, 4.69) is 28.4 Å². The van der Waals surface area contributed by atoms with Crippen molar-refractivity contribution in [3.63, 3.8) is 0 Å². The van der Waals surface area contributed by atoms with E-state index in [1.807, 2.05) is 30.3 Å². The van der Waals surface area contributed by atoms with Crippen molar-refractivity contribution >= 4 is 17.3 Å². The van der Waals surface area contributed by atoms with Gasteiger partial charge in [0.1, 0.15) is 23.7 Å². The minimum Gasteiger partial charge on any atom is -0.497 e. The van der Waals surface area contributed by atoms with Crippen LogP contribution in [0.4, 0.5) is 10.2 Å². The fourth-order valence-electron chi connectivity index (χ4n) is 2.26. The average molecular weight is 353 g/mol. The van der Waals surface area contributed by atoms with Crippen molar-refractivity contribution in [3.05, 3.63) is 84.8 Å². The first kappa shape index (κ1) is 19.1. The van der Waals surface area contributed by atoms with Crippen LogP contribution in [-0.2, 0) is 9.53 Å². The Balaban J connectivity index is 2.24. The molecular formula is C20H20FN3O2. The van der Waals surface area contributed by atoms with E-state index in [9.17, 15) is 9.18 Å². The third-order valence-electron chi connectivity index (χ3n) is 3.73. The molecule has 134 valence electrons. The Labute approximate surface area is 151 Å². The van der Waals surface area contributed by atoms with Crippen LogP contribution in [0.3, 0.4) is 0 Å². The smallest absolute Gasteiger partial charge is 0.232 e. The number of methoxy groups -OCH3 is 1. The van der Waals surface area contributed by atoms with Gasteiger partial charge in [-0.1, -0.05) is 43.5 Å². The Morgan fingerprint density at radius 3 is 2.58 bits per heavy atom. The number of nitrogens with one attached hydrogen (secondary N) is 1. The lowest BCUT2D eigenvalue weighted by Crippen LogP contribution is -2.19. The van der Waals surface area contributed by atoms with Gasteiger partial charge in [-0.15, -0.1) is 0 Å². The van der Waals surface area contributed by atoms with Gasteiger partial charge in [-0.2, -0.15) is 0 Å².